The van der Waals surface area contributed by atoms with Gasteiger partial charge in [-0.2, -0.15) is 0 Å². The molecule has 1 aromatic rings. The molecule has 0 aliphatic rings. The zero-order chi connectivity index (χ0) is 12.7. The fourth-order valence-corrected chi connectivity index (χ4v) is 1.48. The van der Waals surface area contributed by atoms with Crippen LogP contribution in [0.15, 0.2) is 18.2 Å². The van der Waals surface area contributed by atoms with Crippen LogP contribution in [0, 0.1) is 0 Å². The van der Waals surface area contributed by atoms with E-state index in [1.54, 1.807) is 0 Å². The molecule has 5 N–H and O–H groups in total. The Morgan fingerprint density at radius 3 is 2.35 bits per heavy atom. The van der Waals surface area contributed by atoms with Crippen molar-refractivity contribution in [2.24, 2.45) is 5.73 Å². The number of amides is 1. The highest BCUT2D eigenvalue weighted by Crippen LogP contribution is 2.20. The van der Waals surface area contributed by atoms with Crippen molar-refractivity contribution >= 4 is 5.91 Å². The molecule has 0 bridgehead atoms. The van der Waals surface area contributed by atoms with E-state index in [9.17, 15) is 15.0 Å². The van der Waals surface area contributed by atoms with Gasteiger partial charge in [0.1, 0.15) is 11.5 Å². The highest BCUT2D eigenvalue weighted by molar-refractivity contribution is 5.94. The summed E-state index contributed by atoms with van der Waals surface area (Å²) < 4.78 is 0. The number of rotatable bonds is 6. The van der Waals surface area contributed by atoms with Gasteiger partial charge in [0.25, 0.3) is 5.91 Å². The first-order valence-corrected chi connectivity index (χ1v) is 5.65. The molecule has 0 aliphatic heterocycles. The van der Waals surface area contributed by atoms with Gasteiger partial charge < -0.3 is 21.3 Å². The van der Waals surface area contributed by atoms with Crippen LogP contribution in [0.4, 0.5) is 0 Å². The third kappa shape index (κ3) is 4.74. The van der Waals surface area contributed by atoms with E-state index in [4.69, 9.17) is 5.73 Å². The minimum atomic E-state index is -0.302. The van der Waals surface area contributed by atoms with Crippen molar-refractivity contribution in [3.63, 3.8) is 0 Å². The molecule has 0 spiro atoms. The third-order valence-corrected chi connectivity index (χ3v) is 2.33. The molecule has 0 unspecified atom stereocenters. The van der Waals surface area contributed by atoms with Crippen molar-refractivity contribution in [1.82, 2.24) is 5.32 Å². The fraction of sp³-hybridized carbons (Fsp3) is 0.417. The molecule has 0 atom stereocenters. The third-order valence-electron chi connectivity index (χ3n) is 2.33. The quantitative estimate of drug-likeness (QED) is 0.555. The maximum absolute atomic E-state index is 11.6. The van der Waals surface area contributed by atoms with Gasteiger partial charge in [0, 0.05) is 18.2 Å². The fourth-order valence-electron chi connectivity index (χ4n) is 1.48. The lowest BCUT2D eigenvalue weighted by Crippen LogP contribution is -2.24. The Hall–Kier alpha value is -1.75. The number of nitrogens with two attached hydrogens (primary N) is 1. The number of phenols is 2. The lowest BCUT2D eigenvalue weighted by Gasteiger charge is -2.06. The van der Waals surface area contributed by atoms with Crippen LogP contribution in [-0.4, -0.2) is 29.2 Å². The predicted molar refractivity (Wildman–Crippen MR) is 65.0 cm³/mol. The molecule has 1 rings (SSSR count). The van der Waals surface area contributed by atoms with Crippen LogP contribution in [0.25, 0.3) is 0 Å². The largest absolute Gasteiger partial charge is 0.508 e. The topological polar surface area (TPSA) is 95.6 Å². The van der Waals surface area contributed by atoms with E-state index in [1.807, 2.05) is 0 Å². The van der Waals surface area contributed by atoms with Gasteiger partial charge in [-0.15, -0.1) is 0 Å². The van der Waals surface area contributed by atoms with E-state index in [1.165, 1.54) is 18.2 Å². The average Bonchev–Trinajstić information content (AvgIpc) is 2.27. The zero-order valence-electron chi connectivity index (χ0n) is 9.65. The van der Waals surface area contributed by atoms with Gasteiger partial charge in [-0.05, 0) is 31.5 Å². The number of carbonyl (C=O) groups excluding carboxylic acids is 1. The lowest BCUT2D eigenvalue weighted by atomic mass is 10.2. The monoisotopic (exact) mass is 238 g/mol. The maximum atomic E-state index is 11.6. The standard InChI is InChI=1S/C12H18N2O3/c13-4-2-1-3-5-14-12(17)9-6-10(15)8-11(16)7-9/h6-8,15-16H,1-5,13H2,(H,14,17). The molecule has 0 heterocycles. The van der Waals surface area contributed by atoms with Crippen molar-refractivity contribution in [2.45, 2.75) is 19.3 Å². The van der Waals surface area contributed by atoms with Crippen molar-refractivity contribution in [1.29, 1.82) is 0 Å². The molecule has 1 amide bonds. The van der Waals surface area contributed by atoms with Crippen molar-refractivity contribution in [3.05, 3.63) is 23.8 Å². The van der Waals surface area contributed by atoms with E-state index < -0.39 is 0 Å². The first-order valence-electron chi connectivity index (χ1n) is 5.65. The predicted octanol–water partition coefficient (Wildman–Crippen LogP) is 0.957. The molecule has 94 valence electrons. The molecular formula is C12H18N2O3. The Morgan fingerprint density at radius 1 is 1.12 bits per heavy atom. The highest BCUT2D eigenvalue weighted by Gasteiger charge is 2.07. The van der Waals surface area contributed by atoms with Crippen molar-refractivity contribution in [2.75, 3.05) is 13.1 Å². The van der Waals surface area contributed by atoms with Crippen LogP contribution in [0.5, 0.6) is 11.5 Å². The van der Waals surface area contributed by atoms with Crippen molar-refractivity contribution < 1.29 is 15.0 Å². The summed E-state index contributed by atoms with van der Waals surface area (Å²) in [5.74, 6) is -0.555. The maximum Gasteiger partial charge on any atom is 0.251 e. The van der Waals surface area contributed by atoms with Crippen LogP contribution in [0.3, 0.4) is 0 Å². The molecule has 17 heavy (non-hydrogen) atoms. The van der Waals surface area contributed by atoms with E-state index >= 15 is 0 Å². The molecule has 5 nitrogen and oxygen atoms in total. The van der Waals surface area contributed by atoms with Gasteiger partial charge in [-0.3, -0.25) is 4.79 Å². The first-order chi connectivity index (χ1) is 8.13. The molecule has 0 saturated heterocycles. The van der Waals surface area contributed by atoms with Crippen LogP contribution in [0.2, 0.25) is 0 Å². The summed E-state index contributed by atoms with van der Waals surface area (Å²) in [6.45, 7) is 1.23. The summed E-state index contributed by atoms with van der Waals surface area (Å²) in [7, 11) is 0. The minimum absolute atomic E-state index is 0.127. The normalized spacial score (nSPS) is 10.2. The van der Waals surface area contributed by atoms with Gasteiger partial charge >= 0.3 is 0 Å². The summed E-state index contributed by atoms with van der Waals surface area (Å²) >= 11 is 0. The Balaban J connectivity index is 2.41. The van der Waals surface area contributed by atoms with E-state index in [0.717, 1.165) is 19.3 Å². The summed E-state index contributed by atoms with van der Waals surface area (Å²) in [4.78, 5) is 11.6. The molecule has 0 aliphatic carbocycles. The number of aromatic hydroxyl groups is 2. The van der Waals surface area contributed by atoms with Crippen LogP contribution < -0.4 is 11.1 Å². The van der Waals surface area contributed by atoms with Gasteiger partial charge in [0.2, 0.25) is 0 Å². The number of benzene rings is 1. The highest BCUT2D eigenvalue weighted by atomic mass is 16.3. The molecule has 0 radical (unpaired) electrons. The Labute approximate surface area is 100 Å². The van der Waals surface area contributed by atoms with E-state index in [0.29, 0.717) is 13.1 Å². The van der Waals surface area contributed by atoms with Crippen molar-refractivity contribution in [3.8, 4) is 11.5 Å². The number of hydrogen-bond acceptors (Lipinski definition) is 4. The van der Waals surface area contributed by atoms with Crippen LogP contribution in [-0.2, 0) is 0 Å². The lowest BCUT2D eigenvalue weighted by molar-refractivity contribution is 0.0952. The molecule has 0 aromatic heterocycles. The van der Waals surface area contributed by atoms with Gasteiger partial charge in [0.05, 0.1) is 0 Å². The molecular weight excluding hydrogens is 220 g/mol. The number of hydrogen-bond donors (Lipinski definition) is 4. The second-order valence-corrected chi connectivity index (χ2v) is 3.84. The summed E-state index contributed by atoms with van der Waals surface area (Å²) in [6.07, 6.45) is 2.79. The number of carbonyl (C=O) groups is 1. The second kappa shape index (κ2) is 6.75. The number of phenolic OH excluding ortho intramolecular Hbond substituents is 2. The summed E-state index contributed by atoms with van der Waals surface area (Å²) in [5, 5.41) is 21.2. The SMILES string of the molecule is NCCCCCNC(=O)c1cc(O)cc(O)c1. The van der Waals surface area contributed by atoms with Gasteiger partial charge in [0.15, 0.2) is 0 Å². The molecule has 0 saturated carbocycles. The minimum Gasteiger partial charge on any atom is -0.508 e. The van der Waals surface area contributed by atoms with Crippen LogP contribution >= 0.6 is 0 Å². The Bertz CT molecular complexity index is 360. The number of unbranched alkanes of at least 4 members (excludes halogenated alkanes) is 2. The Kier molecular flexibility index (Phi) is 5.29. The van der Waals surface area contributed by atoms with E-state index in [-0.39, 0.29) is 23.0 Å². The molecule has 5 heteroatoms. The summed E-state index contributed by atoms with van der Waals surface area (Å²) in [6, 6.07) is 3.81. The van der Waals surface area contributed by atoms with Gasteiger partial charge in [-0.25, -0.2) is 0 Å². The second-order valence-electron chi connectivity index (χ2n) is 3.84. The number of nitrogens with one attached hydrogen (secondary N) is 1. The van der Waals surface area contributed by atoms with E-state index in [2.05, 4.69) is 5.32 Å². The molecule has 0 fully saturated rings. The van der Waals surface area contributed by atoms with Gasteiger partial charge in [-0.1, -0.05) is 6.42 Å². The Morgan fingerprint density at radius 2 is 1.76 bits per heavy atom. The smallest absolute Gasteiger partial charge is 0.251 e. The first kappa shape index (κ1) is 13.3. The average molecular weight is 238 g/mol. The molecule has 1 aromatic carbocycles. The summed E-state index contributed by atoms with van der Waals surface area (Å²) in [5.41, 5.74) is 5.60. The van der Waals surface area contributed by atoms with Crippen LogP contribution in [0.1, 0.15) is 29.6 Å². The zero-order valence-corrected chi connectivity index (χ0v) is 9.65.